The van der Waals surface area contributed by atoms with Crippen LogP contribution in [0, 0.1) is 0 Å². The number of carbonyl (C=O) groups excluding carboxylic acids is 1. The van der Waals surface area contributed by atoms with Crippen molar-refractivity contribution in [1.82, 2.24) is 4.98 Å². The number of hydrogen-bond acceptors (Lipinski definition) is 4. The quantitative estimate of drug-likeness (QED) is 0.863. The summed E-state index contributed by atoms with van der Waals surface area (Å²) in [7, 11) is 0. The van der Waals surface area contributed by atoms with Crippen LogP contribution in [0.3, 0.4) is 0 Å². The van der Waals surface area contributed by atoms with Crippen LogP contribution in [0.5, 0.6) is 0 Å². The Bertz CT molecular complexity index is 569. The normalized spacial score (nSPS) is 10.5. The average Bonchev–Trinajstić information content (AvgIpc) is 2.86. The topological polar surface area (TPSA) is 51.2 Å². The number of thiazole rings is 1. The highest BCUT2D eigenvalue weighted by molar-refractivity contribution is 9.10. The van der Waals surface area contributed by atoms with Gasteiger partial charge in [0.1, 0.15) is 6.61 Å². The number of nitrogens with one attached hydrogen (secondary N) is 1. The molecule has 0 spiro atoms. The monoisotopic (exact) mass is 354 g/mol. The summed E-state index contributed by atoms with van der Waals surface area (Å²) in [5, 5.41) is 3.34. The molecule has 0 aliphatic rings. The van der Waals surface area contributed by atoms with Crippen LogP contribution in [-0.4, -0.2) is 24.1 Å². The average molecular weight is 355 g/mol. The van der Waals surface area contributed by atoms with Crippen LogP contribution in [0.1, 0.15) is 17.4 Å². The first kappa shape index (κ1) is 15.2. The first-order valence-corrected chi connectivity index (χ1v) is 7.85. The van der Waals surface area contributed by atoms with E-state index in [0.29, 0.717) is 11.7 Å². The third kappa shape index (κ3) is 4.70. The second kappa shape index (κ2) is 7.52. The molecule has 106 valence electrons. The van der Waals surface area contributed by atoms with Crippen LogP contribution < -0.4 is 5.32 Å². The lowest BCUT2D eigenvalue weighted by molar-refractivity contribution is -0.120. The Labute approximate surface area is 130 Å². The molecule has 0 unspecified atom stereocenters. The molecular formula is C14H15BrN2O2S. The minimum Gasteiger partial charge on any atom is -0.372 e. The number of ether oxygens (including phenoxy) is 1. The van der Waals surface area contributed by atoms with Gasteiger partial charge in [-0.3, -0.25) is 10.1 Å². The van der Waals surface area contributed by atoms with Gasteiger partial charge < -0.3 is 4.74 Å². The number of aromatic nitrogens is 1. The molecule has 1 amide bonds. The Morgan fingerprint density at radius 1 is 1.40 bits per heavy atom. The summed E-state index contributed by atoms with van der Waals surface area (Å²) in [4.78, 5) is 16.8. The fraction of sp³-hybridized carbons (Fsp3) is 0.286. The third-order valence-corrected chi connectivity index (χ3v) is 3.97. The van der Waals surface area contributed by atoms with E-state index in [2.05, 4.69) is 38.4 Å². The molecule has 2 rings (SSSR count). The molecule has 1 N–H and O–H groups in total. The van der Waals surface area contributed by atoms with Gasteiger partial charge in [0.15, 0.2) is 5.13 Å². The standard InChI is InChI=1S/C14H15BrN2O2S/c1-2-19-9-13(18)17-14-16-8-12(20-14)7-10-3-5-11(15)6-4-10/h3-6,8H,2,7,9H2,1H3,(H,16,17,18). The maximum atomic E-state index is 11.5. The Hall–Kier alpha value is -1.24. The fourth-order valence-electron chi connectivity index (χ4n) is 1.60. The summed E-state index contributed by atoms with van der Waals surface area (Å²) in [6, 6.07) is 8.16. The van der Waals surface area contributed by atoms with Gasteiger partial charge in [-0.2, -0.15) is 0 Å². The van der Waals surface area contributed by atoms with Gasteiger partial charge in [0, 0.05) is 28.6 Å². The smallest absolute Gasteiger partial charge is 0.252 e. The lowest BCUT2D eigenvalue weighted by Gasteiger charge is -2.01. The van der Waals surface area contributed by atoms with E-state index in [4.69, 9.17) is 4.74 Å². The molecule has 0 atom stereocenters. The summed E-state index contributed by atoms with van der Waals surface area (Å²) in [5.41, 5.74) is 1.21. The number of nitrogens with zero attached hydrogens (tertiary/aromatic N) is 1. The molecule has 0 bridgehead atoms. The van der Waals surface area contributed by atoms with E-state index in [-0.39, 0.29) is 12.5 Å². The predicted octanol–water partition coefficient (Wildman–Crippen LogP) is 3.47. The first-order chi connectivity index (χ1) is 9.67. The second-order valence-electron chi connectivity index (χ2n) is 4.12. The highest BCUT2D eigenvalue weighted by atomic mass is 79.9. The van der Waals surface area contributed by atoms with Crippen molar-refractivity contribution in [3.05, 3.63) is 45.4 Å². The predicted molar refractivity (Wildman–Crippen MR) is 84.2 cm³/mol. The molecule has 20 heavy (non-hydrogen) atoms. The zero-order chi connectivity index (χ0) is 14.4. The third-order valence-electron chi connectivity index (χ3n) is 2.53. The van der Waals surface area contributed by atoms with E-state index in [0.717, 1.165) is 15.8 Å². The van der Waals surface area contributed by atoms with E-state index in [9.17, 15) is 4.79 Å². The van der Waals surface area contributed by atoms with E-state index in [1.54, 1.807) is 6.20 Å². The molecule has 1 aromatic carbocycles. The van der Waals surface area contributed by atoms with E-state index in [1.807, 2.05) is 19.1 Å². The number of anilines is 1. The number of rotatable bonds is 6. The summed E-state index contributed by atoms with van der Waals surface area (Å²) < 4.78 is 6.11. The Kier molecular flexibility index (Phi) is 5.70. The molecule has 0 aliphatic heterocycles. The molecule has 0 fully saturated rings. The molecule has 4 nitrogen and oxygen atoms in total. The highest BCUT2D eigenvalue weighted by Crippen LogP contribution is 2.22. The molecule has 0 saturated carbocycles. The van der Waals surface area contributed by atoms with Gasteiger partial charge in [0.25, 0.3) is 5.91 Å². The van der Waals surface area contributed by atoms with Crippen molar-refractivity contribution in [3.63, 3.8) is 0 Å². The van der Waals surface area contributed by atoms with Crippen molar-refractivity contribution < 1.29 is 9.53 Å². The lowest BCUT2D eigenvalue weighted by Crippen LogP contribution is -2.17. The Morgan fingerprint density at radius 2 is 2.15 bits per heavy atom. The number of amides is 1. The molecular weight excluding hydrogens is 340 g/mol. The summed E-state index contributed by atoms with van der Waals surface area (Å²) in [6.45, 7) is 2.45. The molecule has 6 heteroatoms. The largest absolute Gasteiger partial charge is 0.372 e. The Morgan fingerprint density at radius 3 is 2.85 bits per heavy atom. The maximum absolute atomic E-state index is 11.5. The van der Waals surface area contributed by atoms with E-state index >= 15 is 0 Å². The number of halogens is 1. The van der Waals surface area contributed by atoms with Crippen LogP contribution in [0.25, 0.3) is 0 Å². The zero-order valence-corrected chi connectivity index (χ0v) is 13.5. The first-order valence-electron chi connectivity index (χ1n) is 6.24. The molecule has 2 aromatic rings. The number of benzene rings is 1. The van der Waals surface area contributed by atoms with Crippen molar-refractivity contribution in [2.45, 2.75) is 13.3 Å². The fourth-order valence-corrected chi connectivity index (χ4v) is 2.73. The highest BCUT2D eigenvalue weighted by Gasteiger charge is 2.07. The van der Waals surface area contributed by atoms with Crippen molar-refractivity contribution in [2.75, 3.05) is 18.5 Å². The van der Waals surface area contributed by atoms with Crippen molar-refractivity contribution in [3.8, 4) is 0 Å². The van der Waals surface area contributed by atoms with Crippen molar-refractivity contribution >= 4 is 38.3 Å². The van der Waals surface area contributed by atoms with Crippen LogP contribution in [-0.2, 0) is 16.0 Å². The molecule has 1 aromatic heterocycles. The molecule has 1 heterocycles. The van der Waals surface area contributed by atoms with Gasteiger partial charge in [-0.05, 0) is 24.6 Å². The van der Waals surface area contributed by atoms with Crippen LogP contribution in [0.15, 0.2) is 34.9 Å². The van der Waals surface area contributed by atoms with E-state index < -0.39 is 0 Å². The molecule has 0 aliphatic carbocycles. The van der Waals surface area contributed by atoms with Gasteiger partial charge >= 0.3 is 0 Å². The van der Waals surface area contributed by atoms with Gasteiger partial charge in [-0.25, -0.2) is 4.98 Å². The summed E-state index contributed by atoms with van der Waals surface area (Å²) in [6.07, 6.45) is 2.61. The lowest BCUT2D eigenvalue weighted by atomic mass is 10.1. The SMILES string of the molecule is CCOCC(=O)Nc1ncc(Cc2ccc(Br)cc2)s1. The van der Waals surface area contributed by atoms with Gasteiger partial charge in [-0.1, -0.05) is 28.1 Å². The second-order valence-corrected chi connectivity index (χ2v) is 6.15. The zero-order valence-electron chi connectivity index (χ0n) is 11.1. The maximum Gasteiger partial charge on any atom is 0.252 e. The minimum absolute atomic E-state index is 0.0676. The summed E-state index contributed by atoms with van der Waals surface area (Å²) in [5.74, 6) is -0.170. The summed E-state index contributed by atoms with van der Waals surface area (Å²) >= 11 is 4.90. The van der Waals surface area contributed by atoms with E-state index in [1.165, 1.54) is 16.9 Å². The number of carbonyl (C=O) groups is 1. The molecule has 0 saturated heterocycles. The van der Waals surface area contributed by atoms with Gasteiger partial charge in [-0.15, -0.1) is 11.3 Å². The Balaban J connectivity index is 1.91. The van der Waals surface area contributed by atoms with Gasteiger partial charge in [0.2, 0.25) is 0 Å². The van der Waals surface area contributed by atoms with Crippen LogP contribution >= 0.6 is 27.3 Å². The van der Waals surface area contributed by atoms with Crippen molar-refractivity contribution in [2.24, 2.45) is 0 Å². The van der Waals surface area contributed by atoms with Crippen LogP contribution in [0.2, 0.25) is 0 Å². The minimum atomic E-state index is -0.170. The van der Waals surface area contributed by atoms with Crippen molar-refractivity contribution in [1.29, 1.82) is 0 Å². The van der Waals surface area contributed by atoms with Crippen LogP contribution in [0.4, 0.5) is 5.13 Å². The number of hydrogen-bond donors (Lipinski definition) is 1. The molecule has 0 radical (unpaired) electrons. The van der Waals surface area contributed by atoms with Gasteiger partial charge in [0.05, 0.1) is 0 Å².